The van der Waals surface area contributed by atoms with Crippen LogP contribution in [0.2, 0.25) is 0 Å². The minimum atomic E-state index is -0.981. The van der Waals surface area contributed by atoms with Gasteiger partial charge in [-0.05, 0) is 43.9 Å². The fraction of sp³-hybridized carbons (Fsp3) is 0.562. The van der Waals surface area contributed by atoms with Gasteiger partial charge in [0.05, 0.1) is 6.61 Å². The molecule has 0 aliphatic heterocycles. The van der Waals surface area contributed by atoms with E-state index < -0.39 is 5.97 Å². The Morgan fingerprint density at radius 1 is 1.33 bits per heavy atom. The fourth-order valence-corrected chi connectivity index (χ4v) is 2.28. The number of ether oxygens (including phenoxy) is 1. The van der Waals surface area contributed by atoms with Crippen LogP contribution in [0, 0.1) is 0 Å². The first-order valence-corrected chi connectivity index (χ1v) is 8.13. The van der Waals surface area contributed by atoms with Crippen molar-refractivity contribution in [2.45, 2.75) is 52.1 Å². The number of aliphatic carboxylic acids is 1. The Morgan fingerprint density at radius 3 is 2.76 bits per heavy atom. The van der Waals surface area contributed by atoms with Crippen molar-refractivity contribution < 1.29 is 14.6 Å². The van der Waals surface area contributed by atoms with Crippen molar-refractivity contribution in [2.75, 3.05) is 6.61 Å². The molecule has 0 bridgehead atoms. The summed E-state index contributed by atoms with van der Waals surface area (Å²) in [5.74, 6) is -0.0999. The zero-order chi connectivity index (χ0) is 15.7. The van der Waals surface area contributed by atoms with Gasteiger partial charge in [0.15, 0.2) is 0 Å². The number of halogens is 1. The topological polar surface area (TPSA) is 61.4 Å². The molecule has 1 rings (SSSR count). The van der Waals surface area contributed by atoms with Crippen molar-refractivity contribution in [1.82, 2.24) is 5.32 Å². The van der Waals surface area contributed by atoms with Gasteiger partial charge in [0.25, 0.3) is 0 Å². The van der Waals surface area contributed by atoms with E-state index >= 15 is 0 Å². The molecule has 0 radical (unpaired) electrons. The van der Waals surface area contributed by atoms with Crippen LogP contribution in [0.15, 0.2) is 22.7 Å². The molecule has 5 heteroatoms. The van der Waals surface area contributed by atoms with Crippen LogP contribution in [0.1, 0.15) is 45.1 Å². The lowest BCUT2D eigenvalue weighted by Crippen LogP contribution is -2.22. The summed E-state index contributed by atoms with van der Waals surface area (Å²) >= 11 is 3.47. The highest BCUT2D eigenvalue weighted by Gasteiger charge is 2.05. The van der Waals surface area contributed by atoms with Crippen LogP contribution < -0.4 is 15.2 Å². The second kappa shape index (κ2) is 9.79. The summed E-state index contributed by atoms with van der Waals surface area (Å²) in [5, 5.41) is 13.7. The predicted octanol–water partition coefficient (Wildman–Crippen LogP) is 2.64. The molecule has 0 saturated heterocycles. The number of carboxylic acid groups (broad SMARTS) is 1. The molecule has 0 spiro atoms. The third kappa shape index (κ3) is 8.07. The van der Waals surface area contributed by atoms with E-state index in [4.69, 9.17) is 4.74 Å². The van der Waals surface area contributed by atoms with Gasteiger partial charge >= 0.3 is 0 Å². The molecule has 1 N–H and O–H groups in total. The van der Waals surface area contributed by atoms with Gasteiger partial charge in [-0.25, -0.2) is 0 Å². The lowest BCUT2D eigenvalue weighted by molar-refractivity contribution is -0.305. The summed E-state index contributed by atoms with van der Waals surface area (Å²) in [7, 11) is 0. The van der Waals surface area contributed by atoms with Gasteiger partial charge in [-0.2, -0.15) is 0 Å². The summed E-state index contributed by atoms with van der Waals surface area (Å²) in [4.78, 5) is 10.3. The van der Waals surface area contributed by atoms with E-state index in [9.17, 15) is 9.90 Å². The molecule has 1 aromatic carbocycles. The average molecular weight is 357 g/mol. The normalized spacial score (nSPS) is 10.9. The second-order valence-electron chi connectivity index (χ2n) is 5.32. The Bertz CT molecular complexity index is 449. The molecule has 4 nitrogen and oxygen atoms in total. The van der Waals surface area contributed by atoms with Crippen molar-refractivity contribution in [3.8, 4) is 5.75 Å². The van der Waals surface area contributed by atoms with E-state index in [2.05, 4.69) is 41.2 Å². The quantitative estimate of drug-likeness (QED) is 0.654. The first-order valence-electron chi connectivity index (χ1n) is 7.33. The van der Waals surface area contributed by atoms with E-state index in [-0.39, 0.29) is 6.42 Å². The third-order valence-electron chi connectivity index (χ3n) is 3.01. The van der Waals surface area contributed by atoms with Crippen molar-refractivity contribution in [3.63, 3.8) is 0 Å². The Labute approximate surface area is 135 Å². The second-order valence-corrected chi connectivity index (χ2v) is 6.23. The molecule has 0 atom stereocenters. The van der Waals surface area contributed by atoms with E-state index in [1.165, 1.54) is 0 Å². The van der Waals surface area contributed by atoms with Crippen LogP contribution in [0.3, 0.4) is 0 Å². The number of nitrogens with one attached hydrogen (secondary N) is 1. The number of hydrogen-bond acceptors (Lipinski definition) is 4. The van der Waals surface area contributed by atoms with E-state index in [0.717, 1.165) is 35.2 Å². The summed E-state index contributed by atoms with van der Waals surface area (Å²) in [6, 6.07) is 6.40. The van der Waals surface area contributed by atoms with Gasteiger partial charge in [0, 0.05) is 28.6 Å². The minimum absolute atomic E-state index is 0.127. The molecule has 118 valence electrons. The lowest BCUT2D eigenvalue weighted by Gasteiger charge is -2.14. The Morgan fingerprint density at radius 2 is 2.10 bits per heavy atom. The zero-order valence-electron chi connectivity index (χ0n) is 12.7. The van der Waals surface area contributed by atoms with E-state index in [1.807, 2.05) is 12.1 Å². The molecule has 0 aromatic heterocycles. The van der Waals surface area contributed by atoms with Crippen LogP contribution in [-0.2, 0) is 11.3 Å². The van der Waals surface area contributed by atoms with Gasteiger partial charge in [0.1, 0.15) is 5.75 Å². The maximum atomic E-state index is 10.3. The Hall–Kier alpha value is -1.07. The summed E-state index contributed by atoms with van der Waals surface area (Å²) in [6.45, 7) is 5.58. The smallest absolute Gasteiger partial charge is 0.123 e. The third-order valence-corrected chi connectivity index (χ3v) is 3.50. The minimum Gasteiger partial charge on any atom is -0.550 e. The number of carbonyl (C=O) groups is 1. The molecule has 0 unspecified atom stereocenters. The maximum absolute atomic E-state index is 10.3. The van der Waals surface area contributed by atoms with Crippen LogP contribution in [0.4, 0.5) is 0 Å². The van der Waals surface area contributed by atoms with Gasteiger partial charge in [-0.3, -0.25) is 0 Å². The van der Waals surface area contributed by atoms with Gasteiger partial charge < -0.3 is 20.0 Å². The van der Waals surface area contributed by atoms with Crippen LogP contribution in [0.5, 0.6) is 5.75 Å². The summed E-state index contributed by atoms with van der Waals surface area (Å²) in [6.07, 6.45) is 2.46. The number of hydrogen-bond donors (Lipinski definition) is 1. The SMILES string of the molecule is CC(C)NCc1cc(Br)ccc1OCCCCCC(=O)[O-]. The molecular formula is C16H23BrNO3-. The predicted molar refractivity (Wildman–Crippen MR) is 85.1 cm³/mol. The number of rotatable bonds is 10. The molecule has 1 aromatic rings. The first-order chi connectivity index (χ1) is 9.99. The number of carbonyl (C=O) groups excluding carboxylic acids is 1. The molecule has 0 heterocycles. The highest BCUT2D eigenvalue weighted by Crippen LogP contribution is 2.23. The molecule has 0 aliphatic rings. The van der Waals surface area contributed by atoms with Crippen LogP contribution >= 0.6 is 15.9 Å². The molecule has 0 aliphatic carbocycles. The number of carboxylic acids is 1. The first kappa shape index (κ1) is 18.0. The van der Waals surface area contributed by atoms with Crippen molar-refractivity contribution >= 4 is 21.9 Å². The van der Waals surface area contributed by atoms with Crippen molar-refractivity contribution in [1.29, 1.82) is 0 Å². The van der Waals surface area contributed by atoms with Crippen LogP contribution in [-0.4, -0.2) is 18.6 Å². The maximum Gasteiger partial charge on any atom is 0.123 e. The van der Waals surface area contributed by atoms with Crippen molar-refractivity contribution in [3.05, 3.63) is 28.2 Å². The number of unbranched alkanes of at least 4 members (excludes halogenated alkanes) is 2. The van der Waals surface area contributed by atoms with Gasteiger partial charge in [-0.1, -0.05) is 29.8 Å². The Kier molecular flexibility index (Phi) is 8.38. The van der Waals surface area contributed by atoms with Gasteiger partial charge in [-0.15, -0.1) is 0 Å². The van der Waals surface area contributed by atoms with E-state index in [1.54, 1.807) is 0 Å². The standard InChI is InChI=1S/C16H24BrNO3/c1-12(2)18-11-13-10-14(17)7-8-15(13)21-9-5-3-4-6-16(19)20/h7-8,10,12,18H,3-6,9,11H2,1-2H3,(H,19,20)/p-1. The molecule has 0 fully saturated rings. The van der Waals surface area contributed by atoms with Crippen molar-refractivity contribution in [2.24, 2.45) is 0 Å². The summed E-state index contributed by atoms with van der Waals surface area (Å²) in [5.41, 5.74) is 1.12. The largest absolute Gasteiger partial charge is 0.550 e. The lowest BCUT2D eigenvalue weighted by atomic mass is 10.2. The summed E-state index contributed by atoms with van der Waals surface area (Å²) < 4.78 is 6.84. The fourth-order valence-electron chi connectivity index (χ4n) is 1.87. The zero-order valence-corrected chi connectivity index (χ0v) is 14.2. The van der Waals surface area contributed by atoms with E-state index in [0.29, 0.717) is 19.1 Å². The molecular weight excluding hydrogens is 334 g/mol. The molecule has 0 saturated carbocycles. The highest BCUT2D eigenvalue weighted by molar-refractivity contribution is 9.10. The monoisotopic (exact) mass is 356 g/mol. The Balaban J connectivity index is 2.40. The molecule has 0 amide bonds. The highest BCUT2D eigenvalue weighted by atomic mass is 79.9. The molecule has 21 heavy (non-hydrogen) atoms. The number of benzene rings is 1. The van der Waals surface area contributed by atoms with Gasteiger partial charge in [0.2, 0.25) is 0 Å². The average Bonchev–Trinajstić information content (AvgIpc) is 2.41. The van der Waals surface area contributed by atoms with Crippen LogP contribution in [0.25, 0.3) is 0 Å².